The normalized spacial score (nSPS) is 15.7. The van der Waals surface area contributed by atoms with Gasteiger partial charge >= 0.3 is 5.97 Å². The molecule has 0 saturated carbocycles. The van der Waals surface area contributed by atoms with E-state index in [0.717, 1.165) is 16.7 Å². The minimum absolute atomic E-state index is 0.0511. The molecular weight excluding hydrogens is 476 g/mol. The van der Waals surface area contributed by atoms with Gasteiger partial charge in [0.05, 0.1) is 10.3 Å². The third-order valence-corrected chi connectivity index (χ3v) is 7.83. The molecule has 0 atom stereocenters. The second kappa shape index (κ2) is 9.23. The quantitative estimate of drug-likeness (QED) is 0.508. The van der Waals surface area contributed by atoms with E-state index in [0.29, 0.717) is 36.8 Å². The highest BCUT2D eigenvalue weighted by Crippen LogP contribution is 2.33. The number of piperidine rings is 1. The minimum Gasteiger partial charge on any atom is -0.481 e. The highest BCUT2D eigenvalue weighted by Gasteiger charge is 2.37. The molecule has 10 heteroatoms. The Hall–Kier alpha value is -3.17. The molecule has 0 aliphatic carbocycles. The SMILES string of the molecule is Cc1ccc(Cl)cc1-c1ccnc(NS(=O)(=O)c2ccnc(N3CCC(C)(C(=O)O)CC3)c2)c1. The summed E-state index contributed by atoms with van der Waals surface area (Å²) in [5.74, 6) is -0.139. The fraction of sp³-hybridized carbons (Fsp3) is 0.292. The summed E-state index contributed by atoms with van der Waals surface area (Å²) in [5.41, 5.74) is 1.90. The van der Waals surface area contributed by atoms with Gasteiger partial charge in [-0.25, -0.2) is 18.4 Å². The van der Waals surface area contributed by atoms with Crippen molar-refractivity contribution in [3.8, 4) is 11.1 Å². The molecule has 1 aliphatic rings. The van der Waals surface area contributed by atoms with Gasteiger partial charge in [0.15, 0.2) is 0 Å². The number of benzene rings is 1. The first-order valence-corrected chi connectivity index (χ1v) is 12.6. The Bertz CT molecular complexity index is 1340. The molecule has 0 spiro atoms. The summed E-state index contributed by atoms with van der Waals surface area (Å²) in [6.45, 7) is 4.65. The molecule has 0 unspecified atom stereocenters. The number of carbonyl (C=O) groups is 1. The van der Waals surface area contributed by atoms with E-state index in [2.05, 4.69) is 14.7 Å². The van der Waals surface area contributed by atoms with Crippen LogP contribution in [0.25, 0.3) is 11.1 Å². The highest BCUT2D eigenvalue weighted by molar-refractivity contribution is 7.92. The van der Waals surface area contributed by atoms with Crippen LogP contribution in [0.4, 0.5) is 11.6 Å². The first kappa shape index (κ1) is 24.0. The zero-order valence-electron chi connectivity index (χ0n) is 18.8. The van der Waals surface area contributed by atoms with Gasteiger partial charge in [0.1, 0.15) is 11.6 Å². The fourth-order valence-corrected chi connectivity index (χ4v) is 5.12. The van der Waals surface area contributed by atoms with Crippen molar-refractivity contribution in [1.29, 1.82) is 0 Å². The summed E-state index contributed by atoms with van der Waals surface area (Å²) < 4.78 is 28.7. The Balaban J connectivity index is 1.55. The van der Waals surface area contributed by atoms with Gasteiger partial charge in [0, 0.05) is 36.6 Å². The number of aliphatic carboxylic acids is 1. The maximum atomic E-state index is 13.1. The van der Waals surface area contributed by atoms with Gasteiger partial charge in [0.2, 0.25) is 0 Å². The molecule has 8 nitrogen and oxygen atoms in total. The van der Waals surface area contributed by atoms with Crippen molar-refractivity contribution in [2.24, 2.45) is 5.41 Å². The van der Waals surface area contributed by atoms with Gasteiger partial charge in [-0.1, -0.05) is 17.7 Å². The lowest BCUT2D eigenvalue weighted by Crippen LogP contribution is -2.43. The molecule has 3 heterocycles. The first-order valence-electron chi connectivity index (χ1n) is 10.8. The number of aromatic nitrogens is 2. The molecular formula is C24H25ClN4O4S. The van der Waals surface area contributed by atoms with Crippen LogP contribution in [0.2, 0.25) is 5.02 Å². The van der Waals surface area contributed by atoms with Gasteiger partial charge < -0.3 is 10.0 Å². The number of hydrogen-bond acceptors (Lipinski definition) is 6. The zero-order valence-corrected chi connectivity index (χ0v) is 20.4. The molecule has 2 aromatic heterocycles. The molecule has 1 saturated heterocycles. The van der Waals surface area contributed by atoms with Gasteiger partial charge in [-0.05, 0) is 73.7 Å². The number of anilines is 2. The summed E-state index contributed by atoms with van der Waals surface area (Å²) in [5, 5.41) is 10.0. The van der Waals surface area contributed by atoms with E-state index < -0.39 is 21.4 Å². The summed E-state index contributed by atoms with van der Waals surface area (Å²) in [6.07, 6.45) is 3.89. The van der Waals surface area contributed by atoms with Crippen molar-refractivity contribution >= 4 is 39.2 Å². The molecule has 0 radical (unpaired) electrons. The summed E-state index contributed by atoms with van der Waals surface area (Å²) >= 11 is 6.14. The van der Waals surface area contributed by atoms with Crippen LogP contribution >= 0.6 is 11.6 Å². The third-order valence-electron chi connectivity index (χ3n) is 6.24. The standard InChI is InChI=1S/C24H25ClN4O4S/c1-16-3-4-18(25)14-20(16)17-5-9-26-21(13-17)28-34(32,33)19-6-10-27-22(15-19)29-11-7-24(2,8-12-29)23(30)31/h3-6,9-10,13-15H,7-8,11-12H2,1-2H3,(H,26,28)(H,30,31). The maximum Gasteiger partial charge on any atom is 0.309 e. The van der Waals surface area contributed by atoms with Crippen LogP contribution in [-0.2, 0) is 14.8 Å². The number of halogens is 1. The van der Waals surface area contributed by atoms with E-state index >= 15 is 0 Å². The average molecular weight is 501 g/mol. The fourth-order valence-electron chi connectivity index (χ4n) is 3.94. The molecule has 1 aromatic carbocycles. The molecule has 178 valence electrons. The third kappa shape index (κ3) is 5.00. The zero-order chi connectivity index (χ0) is 24.5. The van der Waals surface area contributed by atoms with E-state index in [1.165, 1.54) is 18.3 Å². The van der Waals surface area contributed by atoms with Crippen molar-refractivity contribution in [3.63, 3.8) is 0 Å². The molecule has 0 amide bonds. The summed E-state index contributed by atoms with van der Waals surface area (Å²) in [4.78, 5) is 21.9. The minimum atomic E-state index is -3.93. The average Bonchev–Trinajstić information content (AvgIpc) is 2.81. The first-order chi connectivity index (χ1) is 16.1. The van der Waals surface area contributed by atoms with E-state index in [1.54, 1.807) is 31.3 Å². The summed E-state index contributed by atoms with van der Waals surface area (Å²) in [6, 6.07) is 11.9. The van der Waals surface area contributed by atoms with Gasteiger partial charge in [-0.3, -0.25) is 9.52 Å². The largest absolute Gasteiger partial charge is 0.481 e. The number of aryl methyl sites for hydroxylation is 1. The predicted molar refractivity (Wildman–Crippen MR) is 132 cm³/mol. The Morgan fingerprint density at radius 2 is 1.79 bits per heavy atom. The second-order valence-corrected chi connectivity index (χ2v) is 10.8. The van der Waals surface area contributed by atoms with E-state index in [4.69, 9.17) is 11.6 Å². The van der Waals surface area contributed by atoms with E-state index in [9.17, 15) is 18.3 Å². The molecule has 1 aliphatic heterocycles. The number of hydrogen-bond donors (Lipinski definition) is 2. The molecule has 0 bridgehead atoms. The van der Waals surface area contributed by atoms with Crippen molar-refractivity contribution in [2.45, 2.75) is 31.6 Å². The molecule has 2 N–H and O–H groups in total. The lowest BCUT2D eigenvalue weighted by atomic mass is 9.80. The van der Waals surface area contributed by atoms with Crippen LogP contribution in [0.5, 0.6) is 0 Å². The number of carboxylic acids is 1. The number of sulfonamides is 1. The van der Waals surface area contributed by atoms with Crippen molar-refractivity contribution < 1.29 is 18.3 Å². The van der Waals surface area contributed by atoms with Crippen LogP contribution in [0.3, 0.4) is 0 Å². The highest BCUT2D eigenvalue weighted by atomic mass is 35.5. The lowest BCUT2D eigenvalue weighted by Gasteiger charge is -2.37. The van der Waals surface area contributed by atoms with Crippen LogP contribution < -0.4 is 9.62 Å². The molecule has 3 aromatic rings. The topological polar surface area (TPSA) is 112 Å². The number of pyridine rings is 2. The van der Waals surface area contributed by atoms with Crippen LogP contribution in [-0.4, -0.2) is 42.6 Å². The van der Waals surface area contributed by atoms with Gasteiger partial charge in [0.25, 0.3) is 10.0 Å². The van der Waals surface area contributed by atoms with Gasteiger partial charge in [-0.2, -0.15) is 0 Å². The van der Waals surface area contributed by atoms with Crippen molar-refractivity contribution in [1.82, 2.24) is 9.97 Å². The van der Waals surface area contributed by atoms with Crippen molar-refractivity contribution in [2.75, 3.05) is 22.7 Å². The summed E-state index contributed by atoms with van der Waals surface area (Å²) in [7, 11) is -3.93. The molecule has 4 rings (SSSR count). The van der Waals surface area contributed by atoms with Gasteiger partial charge in [-0.15, -0.1) is 0 Å². The Labute approximate surface area is 203 Å². The number of nitrogens with zero attached hydrogens (tertiary/aromatic N) is 3. The smallest absolute Gasteiger partial charge is 0.309 e. The number of nitrogens with one attached hydrogen (secondary N) is 1. The van der Waals surface area contributed by atoms with Crippen LogP contribution in [0.1, 0.15) is 25.3 Å². The Morgan fingerprint density at radius 1 is 1.09 bits per heavy atom. The van der Waals surface area contributed by atoms with Crippen molar-refractivity contribution in [3.05, 3.63) is 65.4 Å². The molecule has 34 heavy (non-hydrogen) atoms. The number of rotatable bonds is 6. The van der Waals surface area contributed by atoms with E-state index in [1.807, 2.05) is 24.0 Å². The number of carboxylic acid groups (broad SMARTS) is 1. The van der Waals surface area contributed by atoms with E-state index in [-0.39, 0.29) is 10.7 Å². The van der Waals surface area contributed by atoms with Crippen LogP contribution in [0.15, 0.2) is 59.8 Å². The lowest BCUT2D eigenvalue weighted by molar-refractivity contribution is -0.149. The molecule has 1 fully saturated rings. The predicted octanol–water partition coefficient (Wildman–Crippen LogP) is 4.60. The Kier molecular flexibility index (Phi) is 6.51. The monoisotopic (exact) mass is 500 g/mol. The second-order valence-electron chi connectivity index (χ2n) is 8.70. The van der Waals surface area contributed by atoms with Crippen LogP contribution in [0, 0.1) is 12.3 Å². The maximum absolute atomic E-state index is 13.1. The Morgan fingerprint density at radius 3 is 2.50 bits per heavy atom.